The van der Waals surface area contributed by atoms with Crippen molar-refractivity contribution in [3.63, 3.8) is 0 Å². The molecule has 0 aromatic heterocycles. The van der Waals surface area contributed by atoms with E-state index in [1.807, 2.05) is 43.1 Å². The number of carbonyl (C=O) groups excluding carboxylic acids is 2. The van der Waals surface area contributed by atoms with E-state index in [4.69, 9.17) is 9.47 Å². The van der Waals surface area contributed by atoms with Gasteiger partial charge in [-0.15, -0.1) is 0 Å². The van der Waals surface area contributed by atoms with Crippen LogP contribution < -0.4 is 0 Å². The molecular weight excluding hydrogens is 282 g/mol. The highest BCUT2D eigenvalue weighted by Gasteiger charge is 2.26. The fourth-order valence-electron chi connectivity index (χ4n) is 2.41. The van der Waals surface area contributed by atoms with Gasteiger partial charge in [0.05, 0.1) is 31.4 Å². The fourth-order valence-corrected chi connectivity index (χ4v) is 2.41. The van der Waals surface area contributed by atoms with E-state index in [9.17, 15) is 9.59 Å². The number of hydrogen-bond donors (Lipinski definition) is 0. The van der Waals surface area contributed by atoms with E-state index >= 15 is 0 Å². The minimum absolute atomic E-state index is 0.0475. The molecule has 0 radical (unpaired) electrons. The Kier molecular flexibility index (Phi) is 4.65. The maximum absolute atomic E-state index is 12.1. The number of fused-ring (bicyclic) bond motifs is 1. The zero-order chi connectivity index (χ0) is 16.3. The van der Waals surface area contributed by atoms with Crippen molar-refractivity contribution in [2.75, 3.05) is 21.3 Å². The normalized spacial score (nSPS) is 17.5. The maximum atomic E-state index is 12.1. The molecule has 0 N–H and O–H groups in total. The van der Waals surface area contributed by atoms with Gasteiger partial charge in [-0.3, -0.25) is 0 Å². The van der Waals surface area contributed by atoms with E-state index in [2.05, 4.69) is 0 Å². The van der Waals surface area contributed by atoms with Crippen molar-refractivity contribution in [3.05, 3.63) is 52.7 Å². The Balaban J connectivity index is 2.70. The molecule has 0 spiro atoms. The number of carbonyl (C=O) groups is 2. The zero-order valence-corrected chi connectivity index (χ0v) is 13.1. The first-order chi connectivity index (χ1) is 10.5. The molecule has 0 amide bonds. The summed E-state index contributed by atoms with van der Waals surface area (Å²) in [5.41, 5.74) is 2.29. The Morgan fingerprint density at radius 3 is 2.27 bits per heavy atom. The number of benzene rings is 1. The van der Waals surface area contributed by atoms with Gasteiger partial charge < -0.3 is 14.4 Å². The van der Waals surface area contributed by atoms with Crippen LogP contribution in [0.5, 0.6) is 0 Å². The standard InChI is InChI=1S/C17H19NO4/c1-11-13-8-6-5-7-12(13)9-14(16(19)21-3)15(10-18(11)2)17(20)22-4/h5-11H,1-4H3. The lowest BCUT2D eigenvalue weighted by molar-refractivity contribution is -0.139. The van der Waals surface area contributed by atoms with Gasteiger partial charge in [-0.2, -0.15) is 0 Å². The van der Waals surface area contributed by atoms with E-state index in [0.29, 0.717) is 0 Å². The summed E-state index contributed by atoms with van der Waals surface area (Å²) >= 11 is 0. The van der Waals surface area contributed by atoms with Gasteiger partial charge in [-0.1, -0.05) is 24.3 Å². The molecule has 116 valence electrons. The highest BCUT2D eigenvalue weighted by Crippen LogP contribution is 2.30. The molecule has 5 nitrogen and oxygen atoms in total. The molecule has 1 aromatic rings. The van der Waals surface area contributed by atoms with Gasteiger partial charge in [0.2, 0.25) is 0 Å². The summed E-state index contributed by atoms with van der Waals surface area (Å²) in [7, 11) is 4.42. The molecule has 22 heavy (non-hydrogen) atoms. The lowest BCUT2D eigenvalue weighted by Gasteiger charge is -2.28. The Hall–Kier alpha value is -2.56. The summed E-state index contributed by atoms with van der Waals surface area (Å²) in [6.07, 6.45) is 3.29. The van der Waals surface area contributed by atoms with Crippen molar-refractivity contribution in [1.29, 1.82) is 0 Å². The van der Waals surface area contributed by atoms with Gasteiger partial charge in [0.25, 0.3) is 0 Å². The second-order valence-corrected chi connectivity index (χ2v) is 5.05. The van der Waals surface area contributed by atoms with Crippen molar-refractivity contribution >= 4 is 18.0 Å². The van der Waals surface area contributed by atoms with E-state index in [1.165, 1.54) is 14.2 Å². The van der Waals surface area contributed by atoms with Crippen LogP contribution in [0.4, 0.5) is 0 Å². The van der Waals surface area contributed by atoms with Crippen molar-refractivity contribution in [3.8, 4) is 0 Å². The summed E-state index contributed by atoms with van der Waals surface area (Å²) in [5.74, 6) is -1.15. The van der Waals surface area contributed by atoms with Crippen LogP contribution in [0.25, 0.3) is 6.08 Å². The lowest BCUT2D eigenvalue weighted by atomic mass is 9.94. The molecule has 0 aliphatic carbocycles. The minimum Gasteiger partial charge on any atom is -0.465 e. The molecule has 0 bridgehead atoms. The summed E-state index contributed by atoms with van der Waals surface area (Å²) in [6, 6.07) is 7.79. The van der Waals surface area contributed by atoms with Crippen LogP contribution in [0.2, 0.25) is 0 Å². The van der Waals surface area contributed by atoms with Crippen LogP contribution in [0.1, 0.15) is 24.1 Å². The van der Waals surface area contributed by atoms with Gasteiger partial charge in [0.1, 0.15) is 0 Å². The van der Waals surface area contributed by atoms with Gasteiger partial charge in [0.15, 0.2) is 0 Å². The summed E-state index contributed by atoms with van der Waals surface area (Å²) in [4.78, 5) is 26.0. The van der Waals surface area contributed by atoms with Crippen molar-refractivity contribution in [2.45, 2.75) is 13.0 Å². The number of nitrogens with zero attached hydrogens (tertiary/aromatic N) is 1. The van der Waals surface area contributed by atoms with Crippen molar-refractivity contribution in [2.24, 2.45) is 0 Å². The van der Waals surface area contributed by atoms with Gasteiger partial charge in [0, 0.05) is 13.2 Å². The predicted octanol–water partition coefficient (Wildman–Crippen LogP) is 2.31. The van der Waals surface area contributed by atoms with E-state index in [-0.39, 0.29) is 17.2 Å². The SMILES string of the molecule is COC(=O)C1=Cc2ccccc2C(C)N(C)C=C1C(=O)OC. The first kappa shape index (κ1) is 15.8. The Labute approximate surface area is 129 Å². The number of rotatable bonds is 2. The first-order valence-electron chi connectivity index (χ1n) is 6.91. The smallest absolute Gasteiger partial charge is 0.340 e. The highest BCUT2D eigenvalue weighted by molar-refractivity contribution is 6.10. The third-order valence-corrected chi connectivity index (χ3v) is 3.79. The van der Waals surface area contributed by atoms with Gasteiger partial charge >= 0.3 is 11.9 Å². The summed E-state index contributed by atoms with van der Waals surface area (Å²) in [5, 5.41) is 0. The van der Waals surface area contributed by atoms with Gasteiger partial charge in [-0.25, -0.2) is 9.59 Å². The molecule has 0 fully saturated rings. The largest absolute Gasteiger partial charge is 0.465 e. The number of ether oxygens (including phenoxy) is 2. The molecule has 1 heterocycles. The second-order valence-electron chi connectivity index (χ2n) is 5.05. The topological polar surface area (TPSA) is 55.8 Å². The Bertz CT molecular complexity index is 660. The third-order valence-electron chi connectivity index (χ3n) is 3.79. The number of methoxy groups -OCH3 is 2. The molecule has 2 rings (SSSR count). The second kappa shape index (κ2) is 6.47. The van der Waals surface area contributed by atoms with Crippen LogP contribution in [-0.2, 0) is 19.1 Å². The quantitative estimate of drug-likeness (QED) is 0.785. The predicted molar refractivity (Wildman–Crippen MR) is 82.7 cm³/mol. The van der Waals surface area contributed by atoms with E-state index < -0.39 is 11.9 Å². The molecule has 1 unspecified atom stereocenters. The summed E-state index contributed by atoms with van der Waals surface area (Å²) < 4.78 is 9.61. The average molecular weight is 301 g/mol. The first-order valence-corrected chi connectivity index (χ1v) is 6.91. The number of hydrogen-bond acceptors (Lipinski definition) is 5. The minimum atomic E-state index is -0.575. The Morgan fingerprint density at radius 2 is 1.64 bits per heavy atom. The number of esters is 2. The molecule has 0 saturated heterocycles. The Morgan fingerprint density at radius 1 is 1.05 bits per heavy atom. The maximum Gasteiger partial charge on any atom is 0.340 e. The van der Waals surface area contributed by atoms with Crippen LogP contribution in [0.15, 0.2) is 41.6 Å². The molecule has 1 aliphatic heterocycles. The zero-order valence-electron chi connectivity index (χ0n) is 13.1. The monoisotopic (exact) mass is 301 g/mol. The molecular formula is C17H19NO4. The van der Waals surface area contributed by atoms with Crippen LogP contribution in [-0.4, -0.2) is 38.1 Å². The van der Waals surface area contributed by atoms with E-state index in [1.54, 1.807) is 12.3 Å². The fraction of sp³-hybridized carbons (Fsp3) is 0.294. The van der Waals surface area contributed by atoms with Crippen LogP contribution in [0, 0.1) is 0 Å². The molecule has 1 aromatic carbocycles. The van der Waals surface area contributed by atoms with Crippen LogP contribution in [0.3, 0.4) is 0 Å². The highest BCUT2D eigenvalue weighted by atomic mass is 16.5. The molecule has 5 heteroatoms. The van der Waals surface area contributed by atoms with E-state index in [0.717, 1.165) is 11.1 Å². The molecule has 1 aliphatic rings. The van der Waals surface area contributed by atoms with Gasteiger partial charge in [-0.05, 0) is 24.1 Å². The third kappa shape index (κ3) is 2.88. The van der Waals surface area contributed by atoms with Crippen molar-refractivity contribution in [1.82, 2.24) is 4.90 Å². The molecule has 0 saturated carbocycles. The lowest BCUT2D eigenvalue weighted by Crippen LogP contribution is -2.24. The summed E-state index contributed by atoms with van der Waals surface area (Å²) in [6.45, 7) is 2.03. The van der Waals surface area contributed by atoms with Crippen LogP contribution >= 0.6 is 0 Å². The average Bonchev–Trinajstić information content (AvgIpc) is 2.54. The van der Waals surface area contributed by atoms with Crippen molar-refractivity contribution < 1.29 is 19.1 Å². The molecule has 1 atom stereocenters.